The zero-order valence-electron chi connectivity index (χ0n) is 9.62. The predicted octanol–water partition coefficient (Wildman–Crippen LogP) is 1.97. The normalized spacial score (nSPS) is 21.7. The Bertz CT molecular complexity index is 293. The van der Waals surface area contributed by atoms with E-state index in [0.717, 1.165) is 6.54 Å². The van der Waals surface area contributed by atoms with Gasteiger partial charge in [0, 0.05) is 36.6 Å². The molecule has 3 heteroatoms. The standard InChI is InChI=1S/C12H20N2S/c1-12(2)10-14(8-6-13-12)7-5-11-4-3-9-15-11/h3-4,9,13H,5-8,10H2,1-2H3. The summed E-state index contributed by atoms with van der Waals surface area (Å²) in [5.41, 5.74) is 0.285. The summed E-state index contributed by atoms with van der Waals surface area (Å²) in [5, 5.41) is 5.71. The maximum absolute atomic E-state index is 3.54. The molecule has 1 N–H and O–H groups in total. The zero-order chi connectivity index (χ0) is 10.7. The molecule has 1 fully saturated rings. The quantitative estimate of drug-likeness (QED) is 0.844. The van der Waals surface area contributed by atoms with Gasteiger partial charge in [-0.2, -0.15) is 0 Å². The number of hydrogen-bond donors (Lipinski definition) is 1. The fraction of sp³-hybridized carbons (Fsp3) is 0.667. The van der Waals surface area contributed by atoms with E-state index in [1.54, 1.807) is 0 Å². The van der Waals surface area contributed by atoms with E-state index in [2.05, 4.69) is 41.6 Å². The molecule has 1 aliphatic rings. The van der Waals surface area contributed by atoms with Crippen LogP contribution >= 0.6 is 11.3 Å². The lowest BCUT2D eigenvalue weighted by Gasteiger charge is -2.39. The van der Waals surface area contributed by atoms with Crippen molar-refractivity contribution in [3.05, 3.63) is 22.4 Å². The Balaban J connectivity index is 1.80. The molecule has 0 aromatic carbocycles. The van der Waals surface area contributed by atoms with Gasteiger partial charge >= 0.3 is 0 Å². The smallest absolute Gasteiger partial charge is 0.0252 e. The molecule has 0 aliphatic carbocycles. The SMILES string of the molecule is CC1(C)CN(CCc2cccs2)CCN1. The van der Waals surface area contributed by atoms with E-state index in [1.807, 2.05) is 11.3 Å². The van der Waals surface area contributed by atoms with Crippen molar-refractivity contribution in [3.8, 4) is 0 Å². The van der Waals surface area contributed by atoms with Crippen LogP contribution < -0.4 is 5.32 Å². The highest BCUT2D eigenvalue weighted by Gasteiger charge is 2.24. The van der Waals surface area contributed by atoms with Gasteiger partial charge in [0.1, 0.15) is 0 Å². The Kier molecular flexibility index (Phi) is 3.44. The van der Waals surface area contributed by atoms with Crippen LogP contribution in [-0.4, -0.2) is 36.6 Å². The molecule has 1 aromatic rings. The highest BCUT2D eigenvalue weighted by molar-refractivity contribution is 7.09. The predicted molar refractivity (Wildman–Crippen MR) is 66.5 cm³/mol. The minimum atomic E-state index is 0.285. The van der Waals surface area contributed by atoms with E-state index in [-0.39, 0.29) is 5.54 Å². The molecule has 0 spiro atoms. The highest BCUT2D eigenvalue weighted by atomic mass is 32.1. The fourth-order valence-corrected chi connectivity index (χ4v) is 2.86. The van der Waals surface area contributed by atoms with Gasteiger partial charge in [0.25, 0.3) is 0 Å². The summed E-state index contributed by atoms with van der Waals surface area (Å²) in [6, 6.07) is 4.37. The fourth-order valence-electron chi connectivity index (χ4n) is 2.16. The zero-order valence-corrected chi connectivity index (χ0v) is 10.4. The van der Waals surface area contributed by atoms with Crippen molar-refractivity contribution in [1.29, 1.82) is 0 Å². The van der Waals surface area contributed by atoms with Crippen molar-refractivity contribution < 1.29 is 0 Å². The minimum Gasteiger partial charge on any atom is -0.309 e. The molecule has 0 atom stereocenters. The Labute approximate surface area is 96.3 Å². The third-order valence-corrected chi connectivity index (χ3v) is 3.84. The van der Waals surface area contributed by atoms with Crippen molar-refractivity contribution >= 4 is 11.3 Å². The minimum absolute atomic E-state index is 0.285. The molecule has 15 heavy (non-hydrogen) atoms. The van der Waals surface area contributed by atoms with E-state index in [4.69, 9.17) is 0 Å². The van der Waals surface area contributed by atoms with Crippen molar-refractivity contribution in [1.82, 2.24) is 10.2 Å². The van der Waals surface area contributed by atoms with Crippen LogP contribution in [0.25, 0.3) is 0 Å². The lowest BCUT2D eigenvalue weighted by molar-refractivity contribution is 0.156. The first-order valence-electron chi connectivity index (χ1n) is 5.65. The Hall–Kier alpha value is -0.380. The van der Waals surface area contributed by atoms with Crippen LogP contribution in [0.4, 0.5) is 0 Å². The van der Waals surface area contributed by atoms with Gasteiger partial charge in [0.05, 0.1) is 0 Å². The summed E-state index contributed by atoms with van der Waals surface area (Å²) >= 11 is 1.87. The molecule has 0 unspecified atom stereocenters. The first-order chi connectivity index (χ1) is 7.16. The van der Waals surface area contributed by atoms with Crippen LogP contribution in [0.2, 0.25) is 0 Å². The number of rotatable bonds is 3. The molecule has 2 nitrogen and oxygen atoms in total. The van der Waals surface area contributed by atoms with Gasteiger partial charge in [0.2, 0.25) is 0 Å². The summed E-state index contributed by atoms with van der Waals surface area (Å²) < 4.78 is 0. The molecule has 0 radical (unpaired) electrons. The maximum Gasteiger partial charge on any atom is 0.0252 e. The van der Waals surface area contributed by atoms with Gasteiger partial charge in [-0.25, -0.2) is 0 Å². The Morgan fingerprint density at radius 2 is 2.40 bits per heavy atom. The second kappa shape index (κ2) is 4.64. The molecule has 0 amide bonds. The van der Waals surface area contributed by atoms with E-state index in [9.17, 15) is 0 Å². The summed E-state index contributed by atoms with van der Waals surface area (Å²) in [5.74, 6) is 0. The van der Waals surface area contributed by atoms with Crippen molar-refractivity contribution in [2.75, 3.05) is 26.2 Å². The van der Waals surface area contributed by atoms with E-state index in [1.165, 1.54) is 30.9 Å². The number of nitrogens with zero attached hydrogens (tertiary/aromatic N) is 1. The molecule has 1 aromatic heterocycles. The average Bonchev–Trinajstić information content (AvgIpc) is 2.65. The summed E-state index contributed by atoms with van der Waals surface area (Å²) in [7, 11) is 0. The van der Waals surface area contributed by atoms with Gasteiger partial charge in [-0.1, -0.05) is 6.07 Å². The molecule has 0 bridgehead atoms. The largest absolute Gasteiger partial charge is 0.309 e. The van der Waals surface area contributed by atoms with Gasteiger partial charge in [0.15, 0.2) is 0 Å². The highest BCUT2D eigenvalue weighted by Crippen LogP contribution is 2.13. The third kappa shape index (κ3) is 3.30. The molecule has 1 saturated heterocycles. The first kappa shape index (κ1) is 11.1. The van der Waals surface area contributed by atoms with Gasteiger partial charge < -0.3 is 5.32 Å². The van der Waals surface area contributed by atoms with Crippen molar-refractivity contribution in [2.45, 2.75) is 25.8 Å². The second-order valence-electron chi connectivity index (χ2n) is 4.92. The van der Waals surface area contributed by atoms with E-state index < -0.39 is 0 Å². The number of piperazine rings is 1. The molecule has 2 rings (SSSR count). The van der Waals surface area contributed by atoms with Crippen LogP contribution in [0.3, 0.4) is 0 Å². The summed E-state index contributed by atoms with van der Waals surface area (Å²) in [4.78, 5) is 4.07. The van der Waals surface area contributed by atoms with E-state index in [0.29, 0.717) is 0 Å². The molecule has 2 heterocycles. The van der Waals surface area contributed by atoms with Crippen LogP contribution in [0.1, 0.15) is 18.7 Å². The number of hydrogen-bond acceptors (Lipinski definition) is 3. The van der Waals surface area contributed by atoms with Crippen LogP contribution in [0.5, 0.6) is 0 Å². The third-order valence-electron chi connectivity index (χ3n) is 2.91. The van der Waals surface area contributed by atoms with Gasteiger partial charge in [-0.05, 0) is 31.7 Å². The topological polar surface area (TPSA) is 15.3 Å². The van der Waals surface area contributed by atoms with Gasteiger partial charge in [-0.15, -0.1) is 11.3 Å². The average molecular weight is 224 g/mol. The van der Waals surface area contributed by atoms with Crippen LogP contribution in [0.15, 0.2) is 17.5 Å². The lowest BCUT2D eigenvalue weighted by Crippen LogP contribution is -2.57. The molecule has 0 saturated carbocycles. The Morgan fingerprint density at radius 1 is 1.53 bits per heavy atom. The lowest BCUT2D eigenvalue weighted by atomic mass is 10.0. The second-order valence-corrected chi connectivity index (χ2v) is 5.95. The van der Waals surface area contributed by atoms with Crippen molar-refractivity contribution in [2.24, 2.45) is 0 Å². The maximum atomic E-state index is 3.54. The first-order valence-corrected chi connectivity index (χ1v) is 6.53. The van der Waals surface area contributed by atoms with E-state index >= 15 is 0 Å². The number of nitrogens with one attached hydrogen (secondary N) is 1. The van der Waals surface area contributed by atoms with Gasteiger partial charge in [-0.3, -0.25) is 4.90 Å². The molecular formula is C12H20N2S. The Morgan fingerprint density at radius 3 is 3.07 bits per heavy atom. The summed E-state index contributed by atoms with van der Waals surface area (Å²) in [6.07, 6.45) is 1.20. The number of thiophene rings is 1. The molecule has 84 valence electrons. The molecule has 1 aliphatic heterocycles. The van der Waals surface area contributed by atoms with Crippen molar-refractivity contribution in [3.63, 3.8) is 0 Å². The van der Waals surface area contributed by atoms with Crippen LogP contribution in [-0.2, 0) is 6.42 Å². The molecular weight excluding hydrogens is 204 g/mol. The monoisotopic (exact) mass is 224 g/mol. The summed E-state index contributed by atoms with van der Waals surface area (Å²) in [6.45, 7) is 9.24. The van der Waals surface area contributed by atoms with Crippen LogP contribution in [0, 0.1) is 0 Å².